The van der Waals surface area contributed by atoms with E-state index in [1.165, 1.54) is 0 Å². The summed E-state index contributed by atoms with van der Waals surface area (Å²) in [4.78, 5) is 0. The summed E-state index contributed by atoms with van der Waals surface area (Å²) in [5, 5.41) is 7.80. The van der Waals surface area contributed by atoms with Gasteiger partial charge in [0.2, 0.25) is 11.8 Å². The molecule has 1 aromatic carbocycles. The highest BCUT2D eigenvalue weighted by Crippen LogP contribution is 2.25. The van der Waals surface area contributed by atoms with Gasteiger partial charge in [0.1, 0.15) is 12.4 Å². The average Bonchev–Trinajstić information content (AvgIpc) is 2.78. The lowest BCUT2D eigenvalue weighted by Crippen LogP contribution is -2.05. The Morgan fingerprint density at radius 1 is 1.17 bits per heavy atom. The Bertz CT molecular complexity index is 523. The van der Waals surface area contributed by atoms with Crippen molar-refractivity contribution < 1.29 is 13.9 Å². The number of ether oxygens (including phenoxy) is 2. The number of methoxy groups -OCH3 is 1. The molecule has 0 aliphatic heterocycles. The van der Waals surface area contributed by atoms with Crippen LogP contribution < -0.4 is 4.74 Å². The smallest absolute Gasteiger partial charge is 0.247 e. The summed E-state index contributed by atoms with van der Waals surface area (Å²) in [5.74, 6) is 1.93. The van der Waals surface area contributed by atoms with Gasteiger partial charge in [-0.3, -0.25) is 0 Å². The fourth-order valence-corrected chi connectivity index (χ4v) is 1.59. The molecule has 0 N–H and O–H groups in total. The zero-order chi connectivity index (χ0) is 13.0. The Morgan fingerprint density at radius 2 is 2.00 bits per heavy atom. The zero-order valence-corrected chi connectivity index (χ0v) is 10.8. The largest absolute Gasteiger partial charge is 0.491 e. The Labute approximate surface area is 106 Å². The summed E-state index contributed by atoms with van der Waals surface area (Å²) >= 11 is 0. The molecule has 0 saturated carbocycles. The first-order chi connectivity index (χ1) is 8.70. The van der Waals surface area contributed by atoms with Crippen LogP contribution in [0.2, 0.25) is 0 Å². The summed E-state index contributed by atoms with van der Waals surface area (Å²) < 4.78 is 15.9. The Balaban J connectivity index is 2.14. The van der Waals surface area contributed by atoms with Crippen molar-refractivity contribution in [1.29, 1.82) is 0 Å². The molecular weight excluding hydrogens is 232 g/mol. The standard InChI is InChI=1S/C13H16N2O3/c1-9-8-11(13-15-14-10(2)18-13)4-5-12(9)17-7-6-16-3/h4-5,8H,6-7H2,1-3H3. The van der Waals surface area contributed by atoms with Crippen molar-refractivity contribution in [3.8, 4) is 17.2 Å². The average molecular weight is 248 g/mol. The molecule has 96 valence electrons. The predicted molar refractivity (Wildman–Crippen MR) is 66.6 cm³/mol. The van der Waals surface area contributed by atoms with E-state index in [1.807, 2.05) is 25.1 Å². The van der Waals surface area contributed by atoms with Gasteiger partial charge in [0.15, 0.2) is 0 Å². The van der Waals surface area contributed by atoms with Gasteiger partial charge in [-0.25, -0.2) is 0 Å². The summed E-state index contributed by atoms with van der Waals surface area (Å²) in [5.41, 5.74) is 1.92. The lowest BCUT2D eigenvalue weighted by atomic mass is 10.1. The van der Waals surface area contributed by atoms with Crippen LogP contribution in [0.15, 0.2) is 22.6 Å². The minimum absolute atomic E-state index is 0.527. The van der Waals surface area contributed by atoms with Crippen LogP contribution >= 0.6 is 0 Å². The molecule has 0 aliphatic carbocycles. The maximum Gasteiger partial charge on any atom is 0.247 e. The molecule has 0 spiro atoms. The highest BCUT2D eigenvalue weighted by molar-refractivity contribution is 5.56. The van der Waals surface area contributed by atoms with Crippen LogP contribution in [-0.4, -0.2) is 30.5 Å². The normalized spacial score (nSPS) is 10.6. The molecule has 1 aromatic heterocycles. The van der Waals surface area contributed by atoms with Gasteiger partial charge in [-0.2, -0.15) is 0 Å². The van der Waals surface area contributed by atoms with E-state index in [0.29, 0.717) is 25.0 Å². The molecule has 0 bridgehead atoms. The van der Waals surface area contributed by atoms with Crippen LogP contribution in [0.3, 0.4) is 0 Å². The topological polar surface area (TPSA) is 57.4 Å². The molecule has 2 rings (SSSR count). The maximum atomic E-state index is 5.58. The zero-order valence-electron chi connectivity index (χ0n) is 10.8. The van der Waals surface area contributed by atoms with Crippen LogP contribution in [0.1, 0.15) is 11.5 Å². The van der Waals surface area contributed by atoms with Crippen molar-refractivity contribution in [1.82, 2.24) is 10.2 Å². The molecule has 2 aromatic rings. The third-order valence-electron chi connectivity index (χ3n) is 2.49. The molecule has 5 heteroatoms. The number of aromatic nitrogens is 2. The lowest BCUT2D eigenvalue weighted by Gasteiger charge is -2.09. The summed E-state index contributed by atoms with van der Waals surface area (Å²) in [6.07, 6.45) is 0. The van der Waals surface area contributed by atoms with Crippen molar-refractivity contribution in [2.75, 3.05) is 20.3 Å². The second-order valence-corrected chi connectivity index (χ2v) is 3.95. The van der Waals surface area contributed by atoms with Crippen LogP contribution in [-0.2, 0) is 4.74 Å². The first-order valence-corrected chi connectivity index (χ1v) is 5.73. The second-order valence-electron chi connectivity index (χ2n) is 3.95. The molecule has 0 atom stereocenters. The predicted octanol–water partition coefficient (Wildman–Crippen LogP) is 2.38. The van der Waals surface area contributed by atoms with E-state index in [2.05, 4.69) is 10.2 Å². The van der Waals surface area contributed by atoms with Crippen molar-refractivity contribution in [2.45, 2.75) is 13.8 Å². The highest BCUT2D eigenvalue weighted by atomic mass is 16.5. The molecule has 0 aliphatic rings. The first kappa shape index (κ1) is 12.6. The number of hydrogen-bond acceptors (Lipinski definition) is 5. The van der Waals surface area contributed by atoms with E-state index in [0.717, 1.165) is 16.9 Å². The maximum absolute atomic E-state index is 5.58. The van der Waals surface area contributed by atoms with Gasteiger partial charge >= 0.3 is 0 Å². The van der Waals surface area contributed by atoms with Gasteiger partial charge in [-0.15, -0.1) is 10.2 Å². The van der Waals surface area contributed by atoms with Crippen molar-refractivity contribution in [2.24, 2.45) is 0 Å². The van der Waals surface area contributed by atoms with E-state index in [-0.39, 0.29) is 0 Å². The van der Waals surface area contributed by atoms with Gasteiger partial charge in [0.05, 0.1) is 6.61 Å². The lowest BCUT2D eigenvalue weighted by molar-refractivity contribution is 0.146. The minimum Gasteiger partial charge on any atom is -0.491 e. The summed E-state index contributed by atoms with van der Waals surface area (Å²) in [6.45, 7) is 4.86. The van der Waals surface area contributed by atoms with E-state index >= 15 is 0 Å². The molecule has 18 heavy (non-hydrogen) atoms. The van der Waals surface area contributed by atoms with E-state index in [4.69, 9.17) is 13.9 Å². The molecule has 5 nitrogen and oxygen atoms in total. The fourth-order valence-electron chi connectivity index (χ4n) is 1.59. The summed E-state index contributed by atoms with van der Waals surface area (Å²) in [7, 11) is 1.65. The van der Waals surface area contributed by atoms with Gasteiger partial charge in [-0.1, -0.05) is 0 Å². The molecule has 1 heterocycles. The van der Waals surface area contributed by atoms with Gasteiger partial charge in [-0.05, 0) is 30.7 Å². The number of aryl methyl sites for hydroxylation is 2. The molecule has 0 saturated heterocycles. The van der Waals surface area contributed by atoms with E-state index in [9.17, 15) is 0 Å². The molecule has 0 radical (unpaired) electrons. The number of benzene rings is 1. The van der Waals surface area contributed by atoms with E-state index in [1.54, 1.807) is 14.0 Å². The minimum atomic E-state index is 0.527. The monoisotopic (exact) mass is 248 g/mol. The summed E-state index contributed by atoms with van der Waals surface area (Å²) in [6, 6.07) is 5.77. The van der Waals surface area contributed by atoms with Gasteiger partial charge in [0, 0.05) is 19.6 Å². The quantitative estimate of drug-likeness (QED) is 0.760. The SMILES string of the molecule is COCCOc1ccc(-c2nnc(C)o2)cc1C. The highest BCUT2D eigenvalue weighted by Gasteiger charge is 2.08. The van der Waals surface area contributed by atoms with Crippen molar-refractivity contribution in [3.63, 3.8) is 0 Å². The van der Waals surface area contributed by atoms with Crippen molar-refractivity contribution >= 4 is 0 Å². The Morgan fingerprint density at radius 3 is 2.61 bits per heavy atom. The first-order valence-electron chi connectivity index (χ1n) is 5.73. The van der Waals surface area contributed by atoms with Crippen LogP contribution in [0.4, 0.5) is 0 Å². The van der Waals surface area contributed by atoms with Crippen LogP contribution in [0.5, 0.6) is 5.75 Å². The third-order valence-corrected chi connectivity index (χ3v) is 2.49. The second kappa shape index (κ2) is 5.64. The Kier molecular flexibility index (Phi) is 3.94. The third kappa shape index (κ3) is 2.87. The van der Waals surface area contributed by atoms with Gasteiger partial charge < -0.3 is 13.9 Å². The van der Waals surface area contributed by atoms with E-state index < -0.39 is 0 Å². The van der Waals surface area contributed by atoms with Crippen molar-refractivity contribution in [3.05, 3.63) is 29.7 Å². The number of rotatable bonds is 5. The molecule has 0 amide bonds. The van der Waals surface area contributed by atoms with Gasteiger partial charge in [0.25, 0.3) is 0 Å². The number of nitrogens with zero attached hydrogens (tertiary/aromatic N) is 2. The van der Waals surface area contributed by atoms with Crippen LogP contribution in [0, 0.1) is 13.8 Å². The molecular formula is C13H16N2O3. The molecule has 0 fully saturated rings. The van der Waals surface area contributed by atoms with Crippen LogP contribution in [0.25, 0.3) is 11.5 Å². The Hall–Kier alpha value is -1.88. The number of hydrogen-bond donors (Lipinski definition) is 0. The fraction of sp³-hybridized carbons (Fsp3) is 0.385. The molecule has 0 unspecified atom stereocenters.